The maximum atomic E-state index is 12.7. The first kappa shape index (κ1) is 16.1. The summed E-state index contributed by atoms with van der Waals surface area (Å²) in [4.78, 5) is 29.0. The molecule has 3 rings (SSSR count). The number of likely N-dealkylation sites (tertiary alicyclic amines) is 2. The molecule has 2 aliphatic heterocycles. The van der Waals surface area contributed by atoms with Crippen molar-refractivity contribution in [3.8, 4) is 0 Å². The molecule has 2 amide bonds. The van der Waals surface area contributed by atoms with Crippen molar-refractivity contribution in [1.82, 2.24) is 15.1 Å². The molecular formula is C17H25N3O3. The lowest BCUT2D eigenvalue weighted by Crippen LogP contribution is -2.50. The van der Waals surface area contributed by atoms with E-state index in [1.807, 2.05) is 11.8 Å². The van der Waals surface area contributed by atoms with E-state index in [4.69, 9.17) is 4.42 Å². The van der Waals surface area contributed by atoms with Crippen molar-refractivity contribution in [1.29, 1.82) is 0 Å². The molecule has 0 bridgehead atoms. The predicted molar refractivity (Wildman–Crippen MR) is 86.1 cm³/mol. The van der Waals surface area contributed by atoms with E-state index in [0.717, 1.165) is 6.42 Å². The largest absolute Gasteiger partial charge is 0.469 e. The third-order valence-corrected chi connectivity index (χ3v) is 5.20. The van der Waals surface area contributed by atoms with Crippen molar-refractivity contribution in [3.63, 3.8) is 0 Å². The zero-order valence-electron chi connectivity index (χ0n) is 14.2. The highest BCUT2D eigenvalue weighted by molar-refractivity contribution is 5.95. The van der Waals surface area contributed by atoms with E-state index in [-0.39, 0.29) is 29.9 Å². The first-order valence-corrected chi connectivity index (χ1v) is 8.26. The Hall–Kier alpha value is -1.82. The van der Waals surface area contributed by atoms with E-state index in [1.165, 1.54) is 0 Å². The van der Waals surface area contributed by atoms with Crippen LogP contribution in [0.25, 0.3) is 0 Å². The van der Waals surface area contributed by atoms with Gasteiger partial charge in [-0.2, -0.15) is 0 Å². The lowest BCUT2D eigenvalue weighted by atomic mass is 10.0. The number of amides is 2. The van der Waals surface area contributed by atoms with Crippen molar-refractivity contribution in [2.75, 3.05) is 20.1 Å². The van der Waals surface area contributed by atoms with Crippen LogP contribution in [0.15, 0.2) is 16.7 Å². The maximum absolute atomic E-state index is 12.7. The SMILES string of the molecule is CNC(=O)[C@@H]1C[C@H]2CN(C(=O)c3ccoc3C)C[C@H]2N1C(C)C. The van der Waals surface area contributed by atoms with E-state index in [2.05, 4.69) is 24.1 Å². The molecule has 3 heterocycles. The van der Waals surface area contributed by atoms with Gasteiger partial charge in [0, 0.05) is 32.2 Å². The molecular weight excluding hydrogens is 294 g/mol. The van der Waals surface area contributed by atoms with Crippen molar-refractivity contribution < 1.29 is 14.0 Å². The summed E-state index contributed by atoms with van der Waals surface area (Å²) in [6, 6.07) is 2.19. The molecule has 126 valence electrons. The van der Waals surface area contributed by atoms with Crippen LogP contribution in [0.3, 0.4) is 0 Å². The second-order valence-corrected chi connectivity index (χ2v) is 6.83. The van der Waals surface area contributed by atoms with Crippen LogP contribution < -0.4 is 5.32 Å². The topological polar surface area (TPSA) is 65.8 Å². The van der Waals surface area contributed by atoms with Gasteiger partial charge < -0.3 is 14.6 Å². The van der Waals surface area contributed by atoms with Crippen LogP contribution in [-0.2, 0) is 4.79 Å². The number of nitrogens with one attached hydrogen (secondary N) is 1. The van der Waals surface area contributed by atoms with Crippen LogP contribution in [0.5, 0.6) is 0 Å². The molecule has 0 aromatic carbocycles. The molecule has 1 aromatic heterocycles. The van der Waals surface area contributed by atoms with Gasteiger partial charge in [-0.1, -0.05) is 0 Å². The number of furan rings is 1. The Bertz CT molecular complexity index is 610. The van der Waals surface area contributed by atoms with Gasteiger partial charge in [0.1, 0.15) is 5.76 Å². The van der Waals surface area contributed by atoms with Gasteiger partial charge >= 0.3 is 0 Å². The fraction of sp³-hybridized carbons (Fsp3) is 0.647. The zero-order valence-corrected chi connectivity index (χ0v) is 14.2. The zero-order chi connectivity index (χ0) is 16.7. The number of hydrogen-bond acceptors (Lipinski definition) is 4. The van der Waals surface area contributed by atoms with E-state index >= 15 is 0 Å². The van der Waals surface area contributed by atoms with E-state index in [1.54, 1.807) is 19.4 Å². The van der Waals surface area contributed by atoms with Crippen LogP contribution in [0.4, 0.5) is 0 Å². The van der Waals surface area contributed by atoms with Crippen LogP contribution in [-0.4, -0.2) is 59.9 Å². The Morgan fingerprint density at radius 2 is 2.09 bits per heavy atom. The van der Waals surface area contributed by atoms with Gasteiger partial charge in [-0.15, -0.1) is 0 Å². The molecule has 6 heteroatoms. The molecule has 1 aromatic rings. The number of carbonyl (C=O) groups excluding carboxylic acids is 2. The summed E-state index contributed by atoms with van der Waals surface area (Å²) in [6.07, 6.45) is 2.37. The molecule has 3 atom stereocenters. The lowest BCUT2D eigenvalue weighted by Gasteiger charge is -2.33. The molecule has 2 aliphatic rings. The average Bonchev–Trinajstić information content (AvgIpc) is 3.18. The molecule has 6 nitrogen and oxygen atoms in total. The Balaban J connectivity index is 1.76. The third kappa shape index (κ3) is 2.65. The monoisotopic (exact) mass is 319 g/mol. The van der Waals surface area contributed by atoms with Crippen molar-refractivity contribution in [3.05, 3.63) is 23.7 Å². The van der Waals surface area contributed by atoms with E-state index in [0.29, 0.717) is 30.3 Å². The smallest absolute Gasteiger partial charge is 0.257 e. The van der Waals surface area contributed by atoms with Crippen molar-refractivity contribution in [2.24, 2.45) is 5.92 Å². The summed E-state index contributed by atoms with van der Waals surface area (Å²) in [5.74, 6) is 1.13. The number of rotatable bonds is 3. The first-order valence-electron chi connectivity index (χ1n) is 8.26. The number of fused-ring (bicyclic) bond motifs is 1. The van der Waals surface area contributed by atoms with Gasteiger partial charge in [0.05, 0.1) is 17.9 Å². The quantitative estimate of drug-likeness (QED) is 0.911. The first-order chi connectivity index (χ1) is 10.9. The minimum Gasteiger partial charge on any atom is -0.469 e. The second kappa shape index (κ2) is 6.00. The predicted octanol–water partition coefficient (Wildman–Crippen LogP) is 1.26. The molecule has 23 heavy (non-hydrogen) atoms. The highest BCUT2D eigenvalue weighted by atomic mass is 16.3. The summed E-state index contributed by atoms with van der Waals surface area (Å²) in [7, 11) is 1.69. The fourth-order valence-corrected chi connectivity index (χ4v) is 4.16. The third-order valence-electron chi connectivity index (χ3n) is 5.20. The minimum atomic E-state index is -0.0806. The highest BCUT2D eigenvalue weighted by Crippen LogP contribution is 2.37. The number of carbonyl (C=O) groups is 2. The van der Waals surface area contributed by atoms with Gasteiger partial charge in [-0.25, -0.2) is 0 Å². The number of hydrogen-bond donors (Lipinski definition) is 1. The van der Waals surface area contributed by atoms with E-state index < -0.39 is 0 Å². The maximum Gasteiger partial charge on any atom is 0.257 e. The van der Waals surface area contributed by atoms with Crippen LogP contribution in [0, 0.1) is 12.8 Å². The lowest BCUT2D eigenvalue weighted by molar-refractivity contribution is -0.126. The molecule has 0 radical (unpaired) electrons. The van der Waals surface area contributed by atoms with Gasteiger partial charge in [-0.3, -0.25) is 14.5 Å². The van der Waals surface area contributed by atoms with Crippen LogP contribution >= 0.6 is 0 Å². The van der Waals surface area contributed by atoms with Crippen LogP contribution in [0.2, 0.25) is 0 Å². The summed E-state index contributed by atoms with van der Waals surface area (Å²) in [5, 5.41) is 2.77. The summed E-state index contributed by atoms with van der Waals surface area (Å²) in [5.41, 5.74) is 0.643. The van der Waals surface area contributed by atoms with Crippen molar-refractivity contribution in [2.45, 2.75) is 45.3 Å². The standard InChI is InChI=1S/C17H25N3O3/c1-10(2)20-14(16(21)18-4)7-12-8-19(9-15(12)20)17(22)13-5-6-23-11(13)3/h5-6,10,12,14-15H,7-9H2,1-4H3,(H,18,21)/t12-,14-,15+/m0/s1. The van der Waals surface area contributed by atoms with Gasteiger partial charge in [-0.05, 0) is 39.2 Å². The van der Waals surface area contributed by atoms with Gasteiger partial charge in [0.15, 0.2) is 0 Å². The van der Waals surface area contributed by atoms with E-state index in [9.17, 15) is 9.59 Å². The Labute approximate surface area is 136 Å². The molecule has 0 aliphatic carbocycles. The fourth-order valence-electron chi connectivity index (χ4n) is 4.16. The Morgan fingerprint density at radius 3 is 2.65 bits per heavy atom. The van der Waals surface area contributed by atoms with Gasteiger partial charge in [0.25, 0.3) is 5.91 Å². The molecule has 2 saturated heterocycles. The summed E-state index contributed by atoms with van der Waals surface area (Å²) >= 11 is 0. The molecule has 0 unspecified atom stereocenters. The minimum absolute atomic E-state index is 0.0332. The summed E-state index contributed by atoms with van der Waals surface area (Å²) in [6.45, 7) is 7.43. The average molecular weight is 319 g/mol. The highest BCUT2D eigenvalue weighted by Gasteiger charge is 2.50. The summed E-state index contributed by atoms with van der Waals surface area (Å²) < 4.78 is 5.25. The molecule has 0 spiro atoms. The number of likely N-dealkylation sites (N-methyl/N-ethyl adjacent to an activating group) is 1. The Kier molecular flexibility index (Phi) is 4.19. The molecule has 2 fully saturated rings. The number of nitrogens with zero attached hydrogens (tertiary/aromatic N) is 2. The molecule has 0 saturated carbocycles. The van der Waals surface area contributed by atoms with Crippen LogP contribution in [0.1, 0.15) is 36.4 Å². The normalized spacial score (nSPS) is 27.5. The van der Waals surface area contributed by atoms with Gasteiger partial charge in [0.2, 0.25) is 5.91 Å². The molecule has 1 N–H and O–H groups in total. The Morgan fingerprint density at radius 1 is 1.35 bits per heavy atom. The second-order valence-electron chi connectivity index (χ2n) is 6.83. The number of aryl methyl sites for hydroxylation is 1. The van der Waals surface area contributed by atoms with Crippen molar-refractivity contribution >= 4 is 11.8 Å².